The van der Waals surface area contributed by atoms with Crippen molar-refractivity contribution in [3.05, 3.63) is 0 Å². The molecule has 0 aromatic rings. The summed E-state index contributed by atoms with van der Waals surface area (Å²) < 4.78 is 0. The van der Waals surface area contributed by atoms with Crippen LogP contribution in [0, 0.1) is 0 Å². The lowest BCUT2D eigenvalue weighted by atomic mass is 10.1. The Morgan fingerprint density at radius 3 is 2.00 bits per heavy atom. The number of carbonyl (C=O) groups excluding carboxylic acids is 3. The number of aliphatic carboxylic acids is 2. The van der Waals surface area contributed by atoms with Crippen LogP contribution in [-0.2, 0) is 24.0 Å². The number of thioether (sulfide) groups is 1. The van der Waals surface area contributed by atoms with Gasteiger partial charge in [0.25, 0.3) is 0 Å². The number of amides is 3. The lowest BCUT2D eigenvalue weighted by molar-refractivity contribution is -0.143. The predicted molar refractivity (Wildman–Crippen MR) is 135 cm³/mol. The zero-order valence-electron chi connectivity index (χ0n) is 19.4. The maximum Gasteiger partial charge on any atom is 0.326 e. The Bertz CT molecular complexity index is 766. The van der Waals surface area contributed by atoms with Crippen LogP contribution in [0.5, 0.6) is 0 Å². The molecule has 14 nitrogen and oxygen atoms in total. The molecule has 0 aliphatic rings. The van der Waals surface area contributed by atoms with Gasteiger partial charge in [-0.15, -0.1) is 0 Å². The summed E-state index contributed by atoms with van der Waals surface area (Å²) in [7, 11) is 0. The summed E-state index contributed by atoms with van der Waals surface area (Å²) in [5, 5.41) is 25.4. The normalized spacial score (nSPS) is 14.0. The average Bonchev–Trinajstić information content (AvgIpc) is 2.79. The molecule has 0 saturated heterocycles. The van der Waals surface area contributed by atoms with E-state index in [4.69, 9.17) is 22.3 Å². The van der Waals surface area contributed by atoms with E-state index < -0.39 is 60.2 Å². The molecular weight excluding hydrogens is 502 g/mol. The first-order valence-electron chi connectivity index (χ1n) is 10.7. The molecule has 16 heteroatoms. The van der Waals surface area contributed by atoms with Crippen LogP contribution in [0.3, 0.4) is 0 Å². The van der Waals surface area contributed by atoms with Gasteiger partial charge in [0.05, 0.1) is 6.04 Å². The highest BCUT2D eigenvalue weighted by molar-refractivity contribution is 7.98. The SMILES string of the molecule is CSCCC(NC(=O)C(CCC(=O)O)NC(=O)C(CS)NC(=O)C(N)CCCN=C(N)N)C(=O)O. The molecule has 0 aliphatic carbocycles. The molecule has 0 bridgehead atoms. The monoisotopic (exact) mass is 537 g/mol. The molecule has 4 atom stereocenters. The fraction of sp³-hybridized carbons (Fsp3) is 0.684. The van der Waals surface area contributed by atoms with Gasteiger partial charge < -0.3 is 43.4 Å². The van der Waals surface area contributed by atoms with E-state index >= 15 is 0 Å². The summed E-state index contributed by atoms with van der Waals surface area (Å²) in [6.07, 6.45) is 1.82. The Morgan fingerprint density at radius 2 is 1.49 bits per heavy atom. The third kappa shape index (κ3) is 14.3. The van der Waals surface area contributed by atoms with Crippen molar-refractivity contribution in [2.75, 3.05) is 24.3 Å². The molecule has 0 aromatic heterocycles. The number of thiol groups is 1. The van der Waals surface area contributed by atoms with Gasteiger partial charge in [0.1, 0.15) is 18.1 Å². The van der Waals surface area contributed by atoms with Crippen LogP contribution in [0.1, 0.15) is 32.1 Å². The standard InChI is InChI=1S/C19H35N7O7S2/c1-35-8-6-12(18(32)33)25-16(30)11(4-5-14(27)28)24-17(31)13(9-34)26-15(29)10(20)3-2-7-23-19(21)22/h10-13,34H,2-9,20H2,1H3,(H,24,31)(H,25,30)(H,26,29)(H,27,28)(H,32,33)(H4,21,22,23). The minimum atomic E-state index is -1.35. The molecular formula is C19H35N7O7S2. The van der Waals surface area contributed by atoms with Crippen molar-refractivity contribution in [3.8, 4) is 0 Å². The lowest BCUT2D eigenvalue weighted by Crippen LogP contribution is -2.57. The van der Waals surface area contributed by atoms with Crippen molar-refractivity contribution in [2.45, 2.75) is 56.3 Å². The first-order chi connectivity index (χ1) is 16.4. The van der Waals surface area contributed by atoms with Crippen molar-refractivity contribution in [2.24, 2.45) is 22.2 Å². The third-order valence-corrected chi connectivity index (χ3v) is 5.63. The molecule has 0 fully saturated rings. The van der Waals surface area contributed by atoms with Crippen LogP contribution in [-0.4, -0.2) is 94.3 Å². The van der Waals surface area contributed by atoms with E-state index in [0.29, 0.717) is 12.2 Å². The summed E-state index contributed by atoms with van der Waals surface area (Å²) in [5.74, 6) is -4.53. The number of aliphatic imine (C=N–C) groups is 1. The number of rotatable bonds is 18. The molecule has 0 heterocycles. The fourth-order valence-corrected chi connectivity index (χ4v) is 3.43. The van der Waals surface area contributed by atoms with Crippen molar-refractivity contribution >= 4 is 60.0 Å². The fourth-order valence-electron chi connectivity index (χ4n) is 2.70. The maximum atomic E-state index is 12.7. The Balaban J connectivity index is 5.19. The van der Waals surface area contributed by atoms with Crippen molar-refractivity contribution in [3.63, 3.8) is 0 Å². The van der Waals surface area contributed by atoms with E-state index in [2.05, 4.69) is 33.6 Å². The number of guanidine groups is 1. The summed E-state index contributed by atoms with van der Waals surface area (Å²) in [4.78, 5) is 63.9. The highest BCUT2D eigenvalue weighted by atomic mass is 32.2. The summed E-state index contributed by atoms with van der Waals surface area (Å²) in [5.41, 5.74) is 16.3. The van der Waals surface area contributed by atoms with Crippen LogP contribution in [0.2, 0.25) is 0 Å². The van der Waals surface area contributed by atoms with E-state index in [0.717, 1.165) is 0 Å². The van der Waals surface area contributed by atoms with Crippen molar-refractivity contribution in [1.82, 2.24) is 16.0 Å². The van der Waals surface area contributed by atoms with E-state index in [1.807, 2.05) is 0 Å². The van der Waals surface area contributed by atoms with Crippen molar-refractivity contribution in [1.29, 1.82) is 0 Å². The van der Waals surface area contributed by atoms with E-state index in [-0.39, 0.29) is 37.5 Å². The van der Waals surface area contributed by atoms with Gasteiger partial charge in [-0.25, -0.2) is 4.79 Å². The molecule has 4 unspecified atom stereocenters. The Kier molecular flexibility index (Phi) is 16.3. The number of nitrogens with one attached hydrogen (secondary N) is 3. The molecule has 0 aromatic carbocycles. The highest BCUT2D eigenvalue weighted by Gasteiger charge is 2.30. The predicted octanol–water partition coefficient (Wildman–Crippen LogP) is -2.55. The molecule has 0 radical (unpaired) electrons. The second kappa shape index (κ2) is 17.7. The maximum absolute atomic E-state index is 12.7. The van der Waals surface area contributed by atoms with Gasteiger partial charge in [0.15, 0.2) is 5.96 Å². The summed E-state index contributed by atoms with van der Waals surface area (Å²) in [6, 6.07) is -4.70. The van der Waals surface area contributed by atoms with Gasteiger partial charge in [-0.05, 0) is 37.7 Å². The summed E-state index contributed by atoms with van der Waals surface area (Å²) in [6.45, 7) is 0.272. The van der Waals surface area contributed by atoms with E-state index in [1.54, 1.807) is 6.26 Å². The Labute approximate surface area is 213 Å². The number of carboxylic acids is 2. The Morgan fingerprint density at radius 1 is 0.914 bits per heavy atom. The topological polar surface area (TPSA) is 252 Å². The average molecular weight is 538 g/mol. The van der Waals surface area contributed by atoms with Crippen LogP contribution in [0.4, 0.5) is 0 Å². The van der Waals surface area contributed by atoms with Crippen LogP contribution in [0.25, 0.3) is 0 Å². The smallest absolute Gasteiger partial charge is 0.326 e. The van der Waals surface area contributed by atoms with E-state index in [1.165, 1.54) is 11.8 Å². The third-order valence-electron chi connectivity index (χ3n) is 4.63. The molecule has 11 N–H and O–H groups in total. The number of hydrogen-bond donors (Lipinski definition) is 9. The van der Waals surface area contributed by atoms with Gasteiger partial charge in [-0.3, -0.25) is 24.2 Å². The number of nitrogens with two attached hydrogens (primary N) is 3. The van der Waals surface area contributed by atoms with Gasteiger partial charge in [0, 0.05) is 18.7 Å². The second-order valence-electron chi connectivity index (χ2n) is 7.47. The van der Waals surface area contributed by atoms with Crippen LogP contribution in [0.15, 0.2) is 4.99 Å². The van der Waals surface area contributed by atoms with Gasteiger partial charge in [-0.1, -0.05) is 0 Å². The first kappa shape index (κ1) is 32.3. The zero-order chi connectivity index (χ0) is 27.0. The quantitative estimate of drug-likeness (QED) is 0.0381. The number of carboxylic acid groups (broad SMARTS) is 2. The molecule has 0 spiro atoms. The molecule has 3 amide bonds. The lowest BCUT2D eigenvalue weighted by Gasteiger charge is -2.24. The molecule has 0 rings (SSSR count). The van der Waals surface area contributed by atoms with Crippen LogP contribution >= 0.6 is 24.4 Å². The van der Waals surface area contributed by atoms with Crippen LogP contribution < -0.4 is 33.2 Å². The summed E-state index contributed by atoms with van der Waals surface area (Å²) >= 11 is 5.44. The molecule has 200 valence electrons. The number of hydrogen-bond acceptors (Lipinski definition) is 9. The number of carbonyl (C=O) groups is 5. The zero-order valence-corrected chi connectivity index (χ0v) is 21.1. The minimum absolute atomic E-state index is 0.0877. The first-order valence-corrected chi connectivity index (χ1v) is 12.7. The minimum Gasteiger partial charge on any atom is -0.481 e. The van der Waals surface area contributed by atoms with Gasteiger partial charge >= 0.3 is 11.9 Å². The Hall–Kier alpha value is -2.72. The molecule has 0 aliphatic heterocycles. The number of nitrogens with zero attached hydrogens (tertiary/aromatic N) is 1. The second-order valence-corrected chi connectivity index (χ2v) is 8.82. The van der Waals surface area contributed by atoms with Gasteiger partial charge in [0.2, 0.25) is 17.7 Å². The van der Waals surface area contributed by atoms with E-state index in [9.17, 15) is 29.1 Å². The van der Waals surface area contributed by atoms with Gasteiger partial charge in [-0.2, -0.15) is 24.4 Å². The molecule has 0 saturated carbocycles. The largest absolute Gasteiger partial charge is 0.481 e. The molecule has 35 heavy (non-hydrogen) atoms. The van der Waals surface area contributed by atoms with Crippen molar-refractivity contribution < 1.29 is 34.2 Å². The highest BCUT2D eigenvalue weighted by Crippen LogP contribution is 2.05.